The minimum atomic E-state index is -0.330. The maximum atomic E-state index is 13.7. The van der Waals surface area contributed by atoms with Gasteiger partial charge in [0.05, 0.1) is 0 Å². The molecule has 0 aromatic heterocycles. The summed E-state index contributed by atoms with van der Waals surface area (Å²) in [6.07, 6.45) is 0. The number of aryl methyl sites for hydroxylation is 2. The average Bonchev–Trinajstić information content (AvgIpc) is 2.28. The SMILES string of the molecule is Cc1cc(N)ccc1Oc1cccc(C)c1F. The van der Waals surface area contributed by atoms with Gasteiger partial charge >= 0.3 is 0 Å². The molecular weight excluding hydrogens is 217 g/mol. The van der Waals surface area contributed by atoms with E-state index in [2.05, 4.69) is 0 Å². The molecule has 2 nitrogen and oxygen atoms in total. The molecule has 3 heteroatoms. The van der Waals surface area contributed by atoms with Crippen LogP contribution in [0.5, 0.6) is 11.5 Å². The van der Waals surface area contributed by atoms with Crippen LogP contribution in [0.4, 0.5) is 10.1 Å². The third-order valence-electron chi connectivity index (χ3n) is 2.58. The maximum absolute atomic E-state index is 13.7. The van der Waals surface area contributed by atoms with E-state index in [0.717, 1.165) is 5.56 Å². The van der Waals surface area contributed by atoms with Crippen LogP contribution in [0.25, 0.3) is 0 Å². The van der Waals surface area contributed by atoms with Crippen molar-refractivity contribution < 1.29 is 9.13 Å². The van der Waals surface area contributed by atoms with Crippen LogP contribution in [0.3, 0.4) is 0 Å². The van der Waals surface area contributed by atoms with E-state index in [4.69, 9.17) is 10.5 Å². The molecule has 88 valence electrons. The molecule has 0 atom stereocenters. The molecule has 17 heavy (non-hydrogen) atoms. The van der Waals surface area contributed by atoms with Gasteiger partial charge in [-0.15, -0.1) is 0 Å². The number of benzene rings is 2. The summed E-state index contributed by atoms with van der Waals surface area (Å²) < 4.78 is 19.3. The second kappa shape index (κ2) is 4.45. The van der Waals surface area contributed by atoms with Crippen molar-refractivity contribution in [1.82, 2.24) is 0 Å². The van der Waals surface area contributed by atoms with Gasteiger partial charge in [0, 0.05) is 5.69 Å². The second-order valence-electron chi connectivity index (χ2n) is 4.01. The highest BCUT2D eigenvalue weighted by Crippen LogP contribution is 2.29. The van der Waals surface area contributed by atoms with Crippen LogP contribution < -0.4 is 10.5 Å². The van der Waals surface area contributed by atoms with Gasteiger partial charge in [-0.3, -0.25) is 0 Å². The summed E-state index contributed by atoms with van der Waals surface area (Å²) in [5.74, 6) is 0.519. The Morgan fingerprint density at radius 1 is 1.00 bits per heavy atom. The van der Waals surface area contributed by atoms with Gasteiger partial charge in [0.25, 0.3) is 0 Å². The first-order chi connectivity index (χ1) is 8.08. The summed E-state index contributed by atoms with van der Waals surface area (Å²) in [6.45, 7) is 3.58. The van der Waals surface area contributed by atoms with Crippen molar-refractivity contribution in [3.05, 3.63) is 53.3 Å². The lowest BCUT2D eigenvalue weighted by atomic mass is 10.2. The Kier molecular flexibility index (Phi) is 3.00. The lowest BCUT2D eigenvalue weighted by molar-refractivity contribution is 0.437. The first-order valence-corrected chi connectivity index (χ1v) is 5.37. The van der Waals surface area contributed by atoms with E-state index >= 15 is 0 Å². The maximum Gasteiger partial charge on any atom is 0.168 e. The highest BCUT2D eigenvalue weighted by Gasteiger charge is 2.08. The molecule has 0 fully saturated rings. The molecule has 0 aliphatic rings. The van der Waals surface area contributed by atoms with Gasteiger partial charge in [-0.1, -0.05) is 12.1 Å². The highest BCUT2D eigenvalue weighted by molar-refractivity contribution is 5.48. The number of nitrogen functional groups attached to an aromatic ring is 1. The molecule has 0 unspecified atom stereocenters. The monoisotopic (exact) mass is 231 g/mol. The van der Waals surface area contributed by atoms with Crippen LogP contribution in [0.1, 0.15) is 11.1 Å². The molecule has 0 radical (unpaired) electrons. The Hall–Kier alpha value is -2.03. The summed E-state index contributed by atoms with van der Waals surface area (Å²) in [5.41, 5.74) is 7.76. The van der Waals surface area contributed by atoms with E-state index in [1.807, 2.05) is 6.92 Å². The summed E-state index contributed by atoms with van der Waals surface area (Å²) >= 11 is 0. The molecule has 0 saturated carbocycles. The van der Waals surface area contributed by atoms with Crippen LogP contribution in [-0.4, -0.2) is 0 Å². The van der Waals surface area contributed by atoms with Gasteiger partial charge in [-0.05, 0) is 49.2 Å². The van der Waals surface area contributed by atoms with Gasteiger partial charge in [0.2, 0.25) is 0 Å². The molecule has 2 N–H and O–H groups in total. The van der Waals surface area contributed by atoms with E-state index in [9.17, 15) is 4.39 Å². The number of hydrogen-bond donors (Lipinski definition) is 1. The summed E-state index contributed by atoms with van der Waals surface area (Å²) in [7, 11) is 0. The van der Waals surface area contributed by atoms with Crippen LogP contribution >= 0.6 is 0 Å². The number of rotatable bonds is 2. The van der Waals surface area contributed by atoms with E-state index in [-0.39, 0.29) is 11.6 Å². The van der Waals surface area contributed by atoms with Crippen LogP contribution in [0, 0.1) is 19.7 Å². The smallest absolute Gasteiger partial charge is 0.168 e. The Bertz CT molecular complexity index is 552. The zero-order valence-electron chi connectivity index (χ0n) is 9.83. The van der Waals surface area contributed by atoms with Crippen molar-refractivity contribution in [3.63, 3.8) is 0 Å². The Morgan fingerprint density at radius 2 is 1.76 bits per heavy atom. The van der Waals surface area contributed by atoms with Crippen LogP contribution in [0.2, 0.25) is 0 Å². The first kappa shape index (κ1) is 11.5. The van der Waals surface area contributed by atoms with E-state index in [1.165, 1.54) is 0 Å². The summed E-state index contributed by atoms with van der Waals surface area (Å²) in [6, 6.07) is 10.3. The predicted octanol–water partition coefficient (Wildman–Crippen LogP) is 3.82. The van der Waals surface area contributed by atoms with Gasteiger partial charge in [-0.25, -0.2) is 4.39 Å². The average molecular weight is 231 g/mol. The third kappa shape index (κ3) is 2.38. The predicted molar refractivity (Wildman–Crippen MR) is 66.8 cm³/mol. The van der Waals surface area contributed by atoms with Gasteiger partial charge in [-0.2, -0.15) is 0 Å². The van der Waals surface area contributed by atoms with E-state index in [0.29, 0.717) is 17.0 Å². The lowest BCUT2D eigenvalue weighted by Crippen LogP contribution is -1.93. The fourth-order valence-corrected chi connectivity index (χ4v) is 1.60. The van der Waals surface area contributed by atoms with Gasteiger partial charge < -0.3 is 10.5 Å². The minimum Gasteiger partial charge on any atom is -0.454 e. The highest BCUT2D eigenvalue weighted by atomic mass is 19.1. The number of hydrogen-bond acceptors (Lipinski definition) is 2. The van der Waals surface area contributed by atoms with E-state index < -0.39 is 0 Å². The number of halogens is 1. The fourth-order valence-electron chi connectivity index (χ4n) is 1.60. The molecular formula is C14H14FNO. The van der Waals surface area contributed by atoms with Gasteiger partial charge in [0.15, 0.2) is 11.6 Å². The second-order valence-corrected chi connectivity index (χ2v) is 4.01. The topological polar surface area (TPSA) is 35.2 Å². The molecule has 0 amide bonds. The van der Waals surface area contributed by atoms with Crippen molar-refractivity contribution in [2.24, 2.45) is 0 Å². The summed E-state index contributed by atoms with van der Waals surface area (Å²) in [5, 5.41) is 0. The fraction of sp³-hybridized carbons (Fsp3) is 0.143. The molecule has 0 heterocycles. The summed E-state index contributed by atoms with van der Waals surface area (Å²) in [4.78, 5) is 0. The largest absolute Gasteiger partial charge is 0.454 e. The molecule has 2 rings (SSSR count). The van der Waals surface area contributed by atoms with Gasteiger partial charge in [0.1, 0.15) is 5.75 Å². The van der Waals surface area contributed by atoms with Crippen molar-refractivity contribution in [1.29, 1.82) is 0 Å². The quantitative estimate of drug-likeness (QED) is 0.797. The van der Waals surface area contributed by atoms with Crippen LogP contribution in [0.15, 0.2) is 36.4 Å². The molecule has 0 bridgehead atoms. The van der Waals surface area contributed by atoms with Crippen molar-refractivity contribution >= 4 is 5.69 Å². The van der Waals surface area contributed by atoms with Crippen molar-refractivity contribution in [2.75, 3.05) is 5.73 Å². The first-order valence-electron chi connectivity index (χ1n) is 5.37. The normalized spacial score (nSPS) is 10.3. The van der Waals surface area contributed by atoms with Crippen molar-refractivity contribution in [2.45, 2.75) is 13.8 Å². The van der Waals surface area contributed by atoms with Crippen molar-refractivity contribution in [3.8, 4) is 11.5 Å². The van der Waals surface area contributed by atoms with E-state index in [1.54, 1.807) is 43.3 Å². The third-order valence-corrected chi connectivity index (χ3v) is 2.58. The molecule has 2 aromatic carbocycles. The Morgan fingerprint density at radius 3 is 2.47 bits per heavy atom. The standard InChI is InChI=1S/C14H14FNO/c1-9-4-3-5-13(14(9)15)17-12-7-6-11(16)8-10(12)2/h3-8H,16H2,1-2H3. The molecule has 0 saturated heterocycles. The number of anilines is 1. The molecule has 2 aromatic rings. The minimum absolute atomic E-state index is 0.234. The lowest BCUT2D eigenvalue weighted by Gasteiger charge is -2.10. The zero-order valence-corrected chi connectivity index (χ0v) is 9.83. The molecule has 0 aliphatic heterocycles. The van der Waals surface area contributed by atoms with Crippen LogP contribution in [-0.2, 0) is 0 Å². The zero-order chi connectivity index (χ0) is 12.4. The Labute approximate surface area is 99.8 Å². The number of ether oxygens (including phenoxy) is 1. The Balaban J connectivity index is 2.35. The molecule has 0 spiro atoms. The number of nitrogens with two attached hydrogens (primary N) is 1. The molecule has 0 aliphatic carbocycles.